The van der Waals surface area contributed by atoms with Crippen LogP contribution in [-0.4, -0.2) is 49.4 Å². The predicted molar refractivity (Wildman–Crippen MR) is 82.5 cm³/mol. The molecule has 1 aliphatic rings. The fourth-order valence-corrected chi connectivity index (χ4v) is 2.51. The smallest absolute Gasteiger partial charge is 0.450 e. The third kappa shape index (κ3) is 9.99. The van der Waals surface area contributed by atoms with E-state index in [0.717, 1.165) is 19.3 Å². The largest absolute Gasteiger partial charge is 0.508 e. The molecule has 0 aliphatic heterocycles. The van der Waals surface area contributed by atoms with Crippen molar-refractivity contribution in [1.29, 1.82) is 0 Å². The normalized spacial score (nSPS) is 21.0. The molecule has 1 aliphatic carbocycles. The molecule has 1 rings (SSSR count). The average molecular weight is 332 g/mol. The highest BCUT2D eigenvalue weighted by Crippen LogP contribution is 2.24. The number of hydrogen-bond acceptors (Lipinski definition) is 6. The Morgan fingerprint density at radius 2 is 1.78 bits per heavy atom. The Kier molecular flexibility index (Phi) is 9.43. The quantitative estimate of drug-likeness (QED) is 0.509. The standard InChI is InChI=1S/C16H28O7/c1-12(2)5-4-8-20-9-10-21-16(19)23-14-7-3-6-13(11-14)22-15(17)18/h12-14H,3-11H2,1-2H3,(H,17,18). The van der Waals surface area contributed by atoms with Crippen molar-refractivity contribution in [2.75, 3.05) is 19.8 Å². The van der Waals surface area contributed by atoms with Gasteiger partial charge in [0.25, 0.3) is 0 Å². The Bertz CT molecular complexity index is 356. The summed E-state index contributed by atoms with van der Waals surface area (Å²) in [5.41, 5.74) is 0. The third-order valence-corrected chi connectivity index (χ3v) is 3.63. The third-order valence-electron chi connectivity index (χ3n) is 3.63. The second-order valence-corrected chi connectivity index (χ2v) is 6.16. The van der Waals surface area contributed by atoms with Gasteiger partial charge in [0.15, 0.2) is 0 Å². The van der Waals surface area contributed by atoms with E-state index < -0.39 is 18.4 Å². The lowest BCUT2D eigenvalue weighted by Gasteiger charge is -2.27. The minimum Gasteiger partial charge on any atom is -0.450 e. The SMILES string of the molecule is CC(C)CCCOCCOC(=O)OC1CCCC(OC(=O)O)C1. The molecule has 0 amide bonds. The molecule has 23 heavy (non-hydrogen) atoms. The molecule has 1 saturated carbocycles. The second-order valence-electron chi connectivity index (χ2n) is 6.16. The molecule has 0 heterocycles. The molecule has 1 fully saturated rings. The molecule has 0 bridgehead atoms. The minimum atomic E-state index is -1.30. The van der Waals surface area contributed by atoms with Crippen LogP contribution in [-0.2, 0) is 18.9 Å². The van der Waals surface area contributed by atoms with Gasteiger partial charge in [-0.1, -0.05) is 13.8 Å². The maximum absolute atomic E-state index is 11.6. The molecular formula is C16H28O7. The first-order valence-corrected chi connectivity index (χ1v) is 8.28. The maximum Gasteiger partial charge on any atom is 0.508 e. The molecular weight excluding hydrogens is 304 g/mol. The van der Waals surface area contributed by atoms with Gasteiger partial charge in [-0.3, -0.25) is 0 Å². The molecule has 2 atom stereocenters. The van der Waals surface area contributed by atoms with Crippen LogP contribution in [0.5, 0.6) is 0 Å². The molecule has 0 aromatic carbocycles. The summed E-state index contributed by atoms with van der Waals surface area (Å²) >= 11 is 0. The summed E-state index contributed by atoms with van der Waals surface area (Å²) in [4.78, 5) is 22.1. The monoisotopic (exact) mass is 332 g/mol. The Balaban J connectivity index is 2.06. The van der Waals surface area contributed by atoms with E-state index in [-0.39, 0.29) is 12.7 Å². The van der Waals surface area contributed by atoms with Crippen molar-refractivity contribution in [2.45, 2.75) is 64.6 Å². The number of hydrogen-bond donors (Lipinski definition) is 1. The van der Waals surface area contributed by atoms with Crippen molar-refractivity contribution >= 4 is 12.3 Å². The number of rotatable bonds is 9. The van der Waals surface area contributed by atoms with Gasteiger partial charge in [-0.15, -0.1) is 0 Å². The van der Waals surface area contributed by atoms with Crippen LogP contribution in [0.1, 0.15) is 52.4 Å². The molecule has 0 aromatic rings. The van der Waals surface area contributed by atoms with E-state index in [0.29, 0.717) is 38.4 Å². The van der Waals surface area contributed by atoms with Gasteiger partial charge < -0.3 is 24.1 Å². The van der Waals surface area contributed by atoms with Gasteiger partial charge in [-0.25, -0.2) is 9.59 Å². The topological polar surface area (TPSA) is 91.3 Å². The van der Waals surface area contributed by atoms with Crippen LogP contribution in [0.3, 0.4) is 0 Å². The van der Waals surface area contributed by atoms with E-state index in [2.05, 4.69) is 13.8 Å². The lowest BCUT2D eigenvalue weighted by Crippen LogP contribution is -2.31. The Morgan fingerprint density at radius 1 is 1.09 bits per heavy atom. The van der Waals surface area contributed by atoms with Crippen LogP contribution in [0.2, 0.25) is 0 Å². The summed E-state index contributed by atoms with van der Waals surface area (Å²) in [7, 11) is 0. The van der Waals surface area contributed by atoms with E-state index in [4.69, 9.17) is 24.1 Å². The molecule has 0 aromatic heterocycles. The van der Waals surface area contributed by atoms with Crippen LogP contribution in [0.15, 0.2) is 0 Å². The maximum atomic E-state index is 11.6. The lowest BCUT2D eigenvalue weighted by atomic mass is 9.95. The van der Waals surface area contributed by atoms with E-state index in [1.165, 1.54) is 0 Å². The first-order chi connectivity index (χ1) is 11.0. The number of carboxylic acid groups (broad SMARTS) is 1. The fraction of sp³-hybridized carbons (Fsp3) is 0.875. The van der Waals surface area contributed by atoms with Crippen LogP contribution in [0.25, 0.3) is 0 Å². The minimum absolute atomic E-state index is 0.155. The van der Waals surface area contributed by atoms with E-state index in [1.807, 2.05) is 0 Å². The highest BCUT2D eigenvalue weighted by Gasteiger charge is 2.27. The number of ether oxygens (including phenoxy) is 4. The van der Waals surface area contributed by atoms with Gasteiger partial charge in [0.1, 0.15) is 18.8 Å². The Labute approximate surface area is 137 Å². The van der Waals surface area contributed by atoms with Gasteiger partial charge >= 0.3 is 12.3 Å². The number of carbonyl (C=O) groups is 2. The zero-order chi connectivity index (χ0) is 17.1. The van der Waals surface area contributed by atoms with Crippen LogP contribution in [0.4, 0.5) is 9.59 Å². The summed E-state index contributed by atoms with van der Waals surface area (Å²) < 4.78 is 20.2. The first kappa shape index (κ1) is 19.5. The fourth-order valence-electron chi connectivity index (χ4n) is 2.51. The summed E-state index contributed by atoms with van der Waals surface area (Å²) in [5, 5.41) is 8.60. The summed E-state index contributed by atoms with van der Waals surface area (Å²) in [5.74, 6) is 0.661. The molecule has 7 heteroatoms. The zero-order valence-electron chi connectivity index (χ0n) is 14.0. The van der Waals surface area contributed by atoms with Crippen molar-refractivity contribution in [3.8, 4) is 0 Å². The zero-order valence-corrected chi connectivity index (χ0v) is 14.0. The highest BCUT2D eigenvalue weighted by molar-refractivity contribution is 5.60. The van der Waals surface area contributed by atoms with Gasteiger partial charge in [0.05, 0.1) is 6.61 Å². The molecule has 0 radical (unpaired) electrons. The lowest BCUT2D eigenvalue weighted by molar-refractivity contribution is -0.0330. The summed E-state index contributed by atoms with van der Waals surface area (Å²) in [6, 6.07) is 0. The molecule has 0 saturated heterocycles. The molecule has 1 N–H and O–H groups in total. The van der Waals surface area contributed by atoms with Crippen LogP contribution >= 0.6 is 0 Å². The van der Waals surface area contributed by atoms with E-state index in [1.54, 1.807) is 0 Å². The number of carbonyl (C=O) groups excluding carboxylic acids is 1. The van der Waals surface area contributed by atoms with Crippen molar-refractivity contribution in [1.82, 2.24) is 0 Å². The molecule has 2 unspecified atom stereocenters. The van der Waals surface area contributed by atoms with Crippen molar-refractivity contribution in [3.05, 3.63) is 0 Å². The molecule has 134 valence electrons. The van der Waals surface area contributed by atoms with Gasteiger partial charge in [-0.2, -0.15) is 0 Å². The first-order valence-electron chi connectivity index (χ1n) is 8.28. The van der Waals surface area contributed by atoms with E-state index >= 15 is 0 Å². The highest BCUT2D eigenvalue weighted by atomic mass is 16.7. The van der Waals surface area contributed by atoms with Crippen LogP contribution < -0.4 is 0 Å². The predicted octanol–water partition coefficient (Wildman–Crippen LogP) is 3.60. The average Bonchev–Trinajstić information content (AvgIpc) is 2.45. The van der Waals surface area contributed by atoms with Gasteiger partial charge in [-0.05, 0) is 38.0 Å². The Hall–Kier alpha value is -1.50. The van der Waals surface area contributed by atoms with Crippen molar-refractivity contribution in [3.63, 3.8) is 0 Å². The van der Waals surface area contributed by atoms with Crippen molar-refractivity contribution in [2.24, 2.45) is 5.92 Å². The Morgan fingerprint density at radius 3 is 2.43 bits per heavy atom. The van der Waals surface area contributed by atoms with Crippen LogP contribution in [0, 0.1) is 5.92 Å². The van der Waals surface area contributed by atoms with Gasteiger partial charge in [0.2, 0.25) is 0 Å². The van der Waals surface area contributed by atoms with E-state index in [9.17, 15) is 9.59 Å². The molecule has 0 spiro atoms. The van der Waals surface area contributed by atoms with Crippen molar-refractivity contribution < 1.29 is 33.6 Å². The molecule has 7 nitrogen and oxygen atoms in total. The summed E-state index contributed by atoms with van der Waals surface area (Å²) in [6.45, 7) is 5.49. The summed E-state index contributed by atoms with van der Waals surface area (Å²) in [6.07, 6.45) is 1.80. The van der Waals surface area contributed by atoms with Gasteiger partial charge in [0, 0.05) is 13.0 Å². The second kappa shape index (κ2) is 11.1.